The topological polar surface area (TPSA) is 6.48 Å². The van der Waals surface area contributed by atoms with Gasteiger partial charge in [0, 0.05) is 13.1 Å². The van der Waals surface area contributed by atoms with Crippen LogP contribution in [0.1, 0.15) is 39.5 Å². The van der Waals surface area contributed by atoms with E-state index in [1.807, 2.05) is 0 Å². The molecule has 0 aromatic rings. The Morgan fingerprint density at radius 1 is 0.750 bits per heavy atom. The predicted molar refractivity (Wildman–Crippen MR) is 74.0 cm³/mol. The van der Waals surface area contributed by atoms with Crippen molar-refractivity contribution in [3.05, 3.63) is 12.2 Å². The Hall–Kier alpha value is -0.340. The van der Waals surface area contributed by atoms with Gasteiger partial charge in [-0.25, -0.2) is 0 Å². The standard InChI is InChI=1S/C14H30N2/c1-5-7-11-15(3)13-9-10-14-16(4)12-8-6-2/h9-10H,5-8,11-14H2,1-4H3. The summed E-state index contributed by atoms with van der Waals surface area (Å²) in [6.07, 6.45) is 9.76. The van der Waals surface area contributed by atoms with E-state index in [0.29, 0.717) is 0 Å². The Balaban J connectivity index is 3.45. The maximum atomic E-state index is 2.38. The first kappa shape index (κ1) is 15.7. The quantitative estimate of drug-likeness (QED) is 0.528. The van der Waals surface area contributed by atoms with Crippen LogP contribution in [-0.2, 0) is 0 Å². The van der Waals surface area contributed by atoms with Gasteiger partial charge in [0.25, 0.3) is 0 Å². The third-order valence-corrected chi connectivity index (χ3v) is 2.79. The van der Waals surface area contributed by atoms with E-state index in [1.165, 1.54) is 38.8 Å². The van der Waals surface area contributed by atoms with E-state index < -0.39 is 0 Å². The Morgan fingerprint density at radius 3 is 1.44 bits per heavy atom. The largest absolute Gasteiger partial charge is 0.303 e. The van der Waals surface area contributed by atoms with Crippen molar-refractivity contribution >= 4 is 0 Å². The summed E-state index contributed by atoms with van der Waals surface area (Å²) in [5.41, 5.74) is 0. The Kier molecular flexibility index (Phi) is 10.9. The second kappa shape index (κ2) is 11.2. The van der Waals surface area contributed by atoms with Gasteiger partial charge < -0.3 is 9.80 Å². The monoisotopic (exact) mass is 226 g/mol. The number of nitrogens with zero attached hydrogens (tertiary/aromatic N) is 2. The van der Waals surface area contributed by atoms with E-state index in [0.717, 1.165) is 13.1 Å². The molecule has 0 amide bonds. The van der Waals surface area contributed by atoms with Crippen LogP contribution < -0.4 is 0 Å². The van der Waals surface area contributed by atoms with Crippen LogP contribution in [-0.4, -0.2) is 50.1 Å². The molecular formula is C14H30N2. The SMILES string of the molecule is CCCCN(C)CC=CCN(C)CCCC. The molecule has 0 saturated carbocycles. The maximum absolute atomic E-state index is 2.38. The van der Waals surface area contributed by atoms with Gasteiger partial charge in [0.2, 0.25) is 0 Å². The van der Waals surface area contributed by atoms with Gasteiger partial charge in [-0.1, -0.05) is 38.8 Å². The molecule has 0 aliphatic carbocycles. The van der Waals surface area contributed by atoms with Crippen LogP contribution in [0.5, 0.6) is 0 Å². The minimum Gasteiger partial charge on any atom is -0.303 e. The Bertz CT molecular complexity index is 148. The minimum absolute atomic E-state index is 1.08. The fourth-order valence-electron chi connectivity index (χ4n) is 1.55. The zero-order chi connectivity index (χ0) is 12.2. The molecule has 0 radical (unpaired) electrons. The molecule has 0 rings (SSSR count). The summed E-state index contributed by atoms with van der Waals surface area (Å²) in [6.45, 7) is 9.08. The summed E-state index contributed by atoms with van der Waals surface area (Å²) in [7, 11) is 4.39. The first-order chi connectivity index (χ1) is 7.70. The smallest absolute Gasteiger partial charge is 0.0160 e. The summed E-state index contributed by atoms with van der Waals surface area (Å²) in [5, 5.41) is 0. The highest BCUT2D eigenvalue weighted by Crippen LogP contribution is 1.93. The second-order valence-electron chi connectivity index (χ2n) is 4.70. The lowest BCUT2D eigenvalue weighted by atomic mass is 10.3. The zero-order valence-corrected chi connectivity index (χ0v) is 11.7. The van der Waals surface area contributed by atoms with Crippen molar-refractivity contribution in [1.29, 1.82) is 0 Å². The van der Waals surface area contributed by atoms with E-state index in [2.05, 4.69) is 49.9 Å². The lowest BCUT2D eigenvalue weighted by Gasteiger charge is -2.15. The number of hydrogen-bond donors (Lipinski definition) is 0. The average Bonchev–Trinajstić information content (AvgIpc) is 2.29. The molecule has 2 heteroatoms. The molecule has 0 aliphatic rings. The summed E-state index contributed by atoms with van der Waals surface area (Å²) >= 11 is 0. The molecule has 0 unspecified atom stereocenters. The normalized spacial score (nSPS) is 12.1. The highest BCUT2D eigenvalue weighted by molar-refractivity contribution is 4.86. The number of hydrogen-bond acceptors (Lipinski definition) is 2. The highest BCUT2D eigenvalue weighted by atomic mass is 15.1. The molecule has 16 heavy (non-hydrogen) atoms. The summed E-state index contributed by atoms with van der Waals surface area (Å²) in [5.74, 6) is 0. The minimum atomic E-state index is 1.08. The third-order valence-electron chi connectivity index (χ3n) is 2.79. The first-order valence-corrected chi connectivity index (χ1v) is 6.72. The molecule has 0 N–H and O–H groups in total. The average molecular weight is 226 g/mol. The number of rotatable bonds is 10. The molecule has 0 atom stereocenters. The number of unbranched alkanes of at least 4 members (excludes halogenated alkanes) is 2. The lowest BCUT2D eigenvalue weighted by Crippen LogP contribution is -2.21. The zero-order valence-electron chi connectivity index (χ0n) is 11.7. The van der Waals surface area contributed by atoms with Gasteiger partial charge >= 0.3 is 0 Å². The van der Waals surface area contributed by atoms with Crippen LogP contribution in [0, 0.1) is 0 Å². The summed E-state index contributed by atoms with van der Waals surface area (Å²) in [6, 6.07) is 0. The fourth-order valence-corrected chi connectivity index (χ4v) is 1.55. The number of likely N-dealkylation sites (N-methyl/N-ethyl adjacent to an activating group) is 2. The predicted octanol–water partition coefficient (Wildman–Crippen LogP) is 3.01. The van der Waals surface area contributed by atoms with Crippen molar-refractivity contribution in [2.24, 2.45) is 0 Å². The second-order valence-corrected chi connectivity index (χ2v) is 4.70. The van der Waals surface area contributed by atoms with Gasteiger partial charge in [-0.2, -0.15) is 0 Å². The van der Waals surface area contributed by atoms with Crippen molar-refractivity contribution in [2.45, 2.75) is 39.5 Å². The van der Waals surface area contributed by atoms with Crippen molar-refractivity contribution in [3.63, 3.8) is 0 Å². The van der Waals surface area contributed by atoms with Crippen LogP contribution in [0.15, 0.2) is 12.2 Å². The van der Waals surface area contributed by atoms with Crippen molar-refractivity contribution < 1.29 is 0 Å². The fraction of sp³-hybridized carbons (Fsp3) is 0.857. The van der Waals surface area contributed by atoms with E-state index in [9.17, 15) is 0 Å². The molecular weight excluding hydrogens is 196 g/mol. The summed E-state index contributed by atoms with van der Waals surface area (Å²) in [4.78, 5) is 4.76. The molecule has 0 aromatic heterocycles. The van der Waals surface area contributed by atoms with Gasteiger partial charge in [0.05, 0.1) is 0 Å². The molecule has 0 aromatic carbocycles. The van der Waals surface area contributed by atoms with Gasteiger partial charge in [0.15, 0.2) is 0 Å². The maximum Gasteiger partial charge on any atom is 0.0160 e. The molecule has 0 bridgehead atoms. The van der Waals surface area contributed by atoms with Gasteiger partial charge in [0.1, 0.15) is 0 Å². The van der Waals surface area contributed by atoms with Crippen molar-refractivity contribution in [1.82, 2.24) is 9.80 Å². The van der Waals surface area contributed by atoms with Crippen LogP contribution in [0.4, 0.5) is 0 Å². The molecule has 0 saturated heterocycles. The lowest BCUT2D eigenvalue weighted by molar-refractivity contribution is 0.353. The third kappa shape index (κ3) is 10.2. The molecule has 2 nitrogen and oxygen atoms in total. The van der Waals surface area contributed by atoms with E-state index in [4.69, 9.17) is 0 Å². The van der Waals surface area contributed by atoms with Gasteiger partial charge in [-0.15, -0.1) is 0 Å². The highest BCUT2D eigenvalue weighted by Gasteiger charge is 1.95. The van der Waals surface area contributed by atoms with Gasteiger partial charge in [-0.3, -0.25) is 0 Å². The van der Waals surface area contributed by atoms with E-state index in [1.54, 1.807) is 0 Å². The van der Waals surface area contributed by atoms with Crippen LogP contribution in [0.25, 0.3) is 0 Å². The van der Waals surface area contributed by atoms with Crippen molar-refractivity contribution in [3.8, 4) is 0 Å². The molecule has 0 aliphatic heterocycles. The summed E-state index contributed by atoms with van der Waals surface area (Å²) < 4.78 is 0. The molecule has 96 valence electrons. The van der Waals surface area contributed by atoms with Crippen LogP contribution in [0.2, 0.25) is 0 Å². The van der Waals surface area contributed by atoms with Gasteiger partial charge in [-0.05, 0) is 40.0 Å². The molecule has 0 spiro atoms. The molecule has 0 fully saturated rings. The van der Waals surface area contributed by atoms with Crippen molar-refractivity contribution in [2.75, 3.05) is 40.3 Å². The first-order valence-electron chi connectivity index (χ1n) is 6.72. The van der Waals surface area contributed by atoms with E-state index in [-0.39, 0.29) is 0 Å². The van der Waals surface area contributed by atoms with Crippen LogP contribution >= 0.6 is 0 Å². The van der Waals surface area contributed by atoms with Crippen LogP contribution in [0.3, 0.4) is 0 Å². The molecule has 0 heterocycles. The Morgan fingerprint density at radius 2 is 1.12 bits per heavy atom. The Labute approximate surface area is 102 Å². The van der Waals surface area contributed by atoms with E-state index >= 15 is 0 Å².